The highest BCUT2D eigenvalue weighted by Crippen LogP contribution is 2.23. The van der Waals surface area contributed by atoms with Crippen molar-refractivity contribution < 1.29 is 0 Å². The Kier molecular flexibility index (Phi) is 3.84. The third kappa shape index (κ3) is 2.85. The van der Waals surface area contributed by atoms with Crippen LogP contribution in [-0.2, 0) is 0 Å². The molecular weight excluding hydrogens is 252 g/mol. The number of hydrogen-bond donors (Lipinski definition) is 2. The Hall–Kier alpha value is -2.63. The SMILES string of the molecule is CN(C)c1nccc(N(C)c2cccc(C(=N)N)c2)n1. The van der Waals surface area contributed by atoms with Gasteiger partial charge in [-0.15, -0.1) is 0 Å². The van der Waals surface area contributed by atoms with Gasteiger partial charge in [0.1, 0.15) is 11.7 Å². The second-order valence-corrected chi connectivity index (χ2v) is 4.63. The number of nitrogen functional groups attached to an aromatic ring is 1. The predicted molar refractivity (Wildman–Crippen MR) is 81.9 cm³/mol. The number of nitrogens with one attached hydrogen (secondary N) is 1. The van der Waals surface area contributed by atoms with Crippen LogP contribution in [0.5, 0.6) is 0 Å². The normalized spacial score (nSPS) is 10.2. The van der Waals surface area contributed by atoms with Crippen LogP contribution in [0.2, 0.25) is 0 Å². The maximum absolute atomic E-state index is 7.49. The molecule has 0 aliphatic rings. The molecule has 0 saturated carbocycles. The van der Waals surface area contributed by atoms with E-state index in [4.69, 9.17) is 11.1 Å². The van der Waals surface area contributed by atoms with Gasteiger partial charge in [0.2, 0.25) is 5.95 Å². The summed E-state index contributed by atoms with van der Waals surface area (Å²) in [5.74, 6) is 1.48. The van der Waals surface area contributed by atoms with E-state index in [1.54, 1.807) is 6.20 Å². The molecule has 2 aromatic rings. The van der Waals surface area contributed by atoms with E-state index >= 15 is 0 Å². The van der Waals surface area contributed by atoms with Crippen molar-refractivity contribution in [3.05, 3.63) is 42.1 Å². The highest BCUT2D eigenvalue weighted by atomic mass is 15.3. The van der Waals surface area contributed by atoms with Gasteiger partial charge in [0.15, 0.2) is 0 Å². The molecule has 0 aliphatic heterocycles. The van der Waals surface area contributed by atoms with Crippen molar-refractivity contribution in [2.24, 2.45) is 5.73 Å². The maximum Gasteiger partial charge on any atom is 0.226 e. The molecular formula is C14H18N6. The van der Waals surface area contributed by atoms with Crippen LogP contribution in [0.1, 0.15) is 5.56 Å². The first-order valence-electron chi connectivity index (χ1n) is 6.17. The Morgan fingerprint density at radius 2 is 1.95 bits per heavy atom. The number of amidine groups is 1. The summed E-state index contributed by atoms with van der Waals surface area (Å²) < 4.78 is 0. The highest BCUT2D eigenvalue weighted by Gasteiger charge is 2.09. The smallest absolute Gasteiger partial charge is 0.226 e. The van der Waals surface area contributed by atoms with Crippen molar-refractivity contribution >= 4 is 23.3 Å². The first-order chi connectivity index (χ1) is 9.49. The molecule has 0 saturated heterocycles. The highest BCUT2D eigenvalue weighted by molar-refractivity contribution is 5.96. The van der Waals surface area contributed by atoms with Crippen LogP contribution in [-0.4, -0.2) is 36.9 Å². The van der Waals surface area contributed by atoms with E-state index in [-0.39, 0.29) is 5.84 Å². The fourth-order valence-electron chi connectivity index (χ4n) is 1.76. The number of benzene rings is 1. The van der Waals surface area contributed by atoms with Crippen molar-refractivity contribution in [3.63, 3.8) is 0 Å². The minimum Gasteiger partial charge on any atom is -0.384 e. The second-order valence-electron chi connectivity index (χ2n) is 4.63. The van der Waals surface area contributed by atoms with E-state index in [2.05, 4.69) is 9.97 Å². The average molecular weight is 270 g/mol. The van der Waals surface area contributed by atoms with Gasteiger partial charge in [-0.1, -0.05) is 12.1 Å². The van der Waals surface area contributed by atoms with Crippen LogP contribution in [0.3, 0.4) is 0 Å². The van der Waals surface area contributed by atoms with Gasteiger partial charge >= 0.3 is 0 Å². The van der Waals surface area contributed by atoms with E-state index in [1.165, 1.54) is 0 Å². The predicted octanol–water partition coefficient (Wildman–Crippen LogP) is 1.59. The lowest BCUT2D eigenvalue weighted by atomic mass is 10.2. The summed E-state index contributed by atoms with van der Waals surface area (Å²) in [7, 11) is 5.71. The molecule has 0 atom stereocenters. The van der Waals surface area contributed by atoms with Gasteiger partial charge in [0.05, 0.1) is 0 Å². The van der Waals surface area contributed by atoms with E-state index in [0.717, 1.165) is 11.5 Å². The summed E-state index contributed by atoms with van der Waals surface area (Å²) in [6, 6.07) is 9.33. The average Bonchev–Trinajstić information content (AvgIpc) is 2.46. The van der Waals surface area contributed by atoms with Crippen molar-refractivity contribution in [1.82, 2.24) is 9.97 Å². The van der Waals surface area contributed by atoms with E-state index in [0.29, 0.717) is 11.5 Å². The van der Waals surface area contributed by atoms with Crippen LogP contribution >= 0.6 is 0 Å². The molecule has 0 bridgehead atoms. The van der Waals surface area contributed by atoms with Crippen LogP contribution in [0, 0.1) is 5.41 Å². The molecule has 1 aromatic carbocycles. The zero-order chi connectivity index (χ0) is 14.7. The van der Waals surface area contributed by atoms with Gasteiger partial charge in [-0.05, 0) is 18.2 Å². The van der Waals surface area contributed by atoms with Crippen molar-refractivity contribution in [2.45, 2.75) is 0 Å². The monoisotopic (exact) mass is 270 g/mol. The number of aromatic nitrogens is 2. The third-order valence-corrected chi connectivity index (χ3v) is 2.92. The Labute approximate surface area is 118 Å². The van der Waals surface area contributed by atoms with Crippen molar-refractivity contribution in [1.29, 1.82) is 5.41 Å². The van der Waals surface area contributed by atoms with Crippen LogP contribution in [0.25, 0.3) is 0 Å². The Morgan fingerprint density at radius 3 is 2.60 bits per heavy atom. The van der Waals surface area contributed by atoms with Gasteiger partial charge in [0.25, 0.3) is 0 Å². The number of hydrogen-bond acceptors (Lipinski definition) is 5. The van der Waals surface area contributed by atoms with Crippen molar-refractivity contribution in [2.75, 3.05) is 30.9 Å². The molecule has 6 nitrogen and oxygen atoms in total. The number of nitrogens with zero attached hydrogens (tertiary/aromatic N) is 4. The summed E-state index contributed by atoms with van der Waals surface area (Å²) in [5, 5.41) is 7.49. The van der Waals surface area contributed by atoms with Gasteiger partial charge in [-0.3, -0.25) is 5.41 Å². The van der Waals surface area contributed by atoms with E-state index in [1.807, 2.05) is 61.3 Å². The summed E-state index contributed by atoms with van der Waals surface area (Å²) in [4.78, 5) is 12.5. The zero-order valence-corrected chi connectivity index (χ0v) is 11.8. The number of nitrogens with two attached hydrogens (primary N) is 1. The van der Waals surface area contributed by atoms with Gasteiger partial charge in [-0.25, -0.2) is 4.98 Å². The first kappa shape index (κ1) is 13.8. The molecule has 20 heavy (non-hydrogen) atoms. The minimum absolute atomic E-state index is 0.0527. The summed E-state index contributed by atoms with van der Waals surface area (Å²) >= 11 is 0. The molecule has 104 valence electrons. The van der Waals surface area contributed by atoms with Crippen molar-refractivity contribution in [3.8, 4) is 0 Å². The quantitative estimate of drug-likeness (QED) is 0.651. The topological polar surface area (TPSA) is 82.1 Å². The summed E-state index contributed by atoms with van der Waals surface area (Å²) in [6.45, 7) is 0. The summed E-state index contributed by atoms with van der Waals surface area (Å²) in [5.41, 5.74) is 7.13. The molecule has 0 radical (unpaired) electrons. The van der Waals surface area contributed by atoms with Crippen LogP contribution in [0.15, 0.2) is 36.5 Å². The largest absolute Gasteiger partial charge is 0.384 e. The van der Waals surface area contributed by atoms with Crippen LogP contribution < -0.4 is 15.5 Å². The van der Waals surface area contributed by atoms with Gasteiger partial charge < -0.3 is 15.5 Å². The first-order valence-corrected chi connectivity index (χ1v) is 6.17. The van der Waals surface area contributed by atoms with Gasteiger partial charge in [0, 0.05) is 38.6 Å². The molecule has 1 heterocycles. The Balaban J connectivity index is 2.35. The Bertz CT molecular complexity index is 623. The molecule has 1 aromatic heterocycles. The lowest BCUT2D eigenvalue weighted by Crippen LogP contribution is -2.17. The summed E-state index contributed by atoms with van der Waals surface area (Å²) in [6.07, 6.45) is 1.73. The molecule has 0 unspecified atom stereocenters. The Morgan fingerprint density at radius 1 is 1.20 bits per heavy atom. The maximum atomic E-state index is 7.49. The fraction of sp³-hybridized carbons (Fsp3) is 0.214. The van der Waals surface area contributed by atoms with E-state index < -0.39 is 0 Å². The molecule has 3 N–H and O–H groups in total. The minimum atomic E-state index is 0.0527. The van der Waals surface area contributed by atoms with E-state index in [9.17, 15) is 0 Å². The zero-order valence-electron chi connectivity index (χ0n) is 11.8. The lowest BCUT2D eigenvalue weighted by Gasteiger charge is -2.20. The standard InChI is InChI=1S/C14H18N6/c1-19(2)14-17-8-7-12(18-14)20(3)11-6-4-5-10(9-11)13(15)16/h4-9H,1-3H3,(H3,15,16). The molecule has 0 amide bonds. The van der Waals surface area contributed by atoms with Gasteiger partial charge in [-0.2, -0.15) is 4.98 Å². The molecule has 0 fully saturated rings. The fourth-order valence-corrected chi connectivity index (χ4v) is 1.76. The number of rotatable bonds is 4. The molecule has 0 aliphatic carbocycles. The molecule has 6 heteroatoms. The molecule has 2 rings (SSSR count). The third-order valence-electron chi connectivity index (χ3n) is 2.92. The van der Waals surface area contributed by atoms with Crippen LogP contribution in [0.4, 0.5) is 17.5 Å². The molecule has 0 spiro atoms. The second kappa shape index (κ2) is 5.56. The lowest BCUT2D eigenvalue weighted by molar-refractivity contribution is 0.981. The number of anilines is 3.